The first kappa shape index (κ1) is 7.71. The van der Waals surface area contributed by atoms with Gasteiger partial charge in [-0.15, -0.1) is 15.3 Å². The molecule has 2 aromatic rings. The van der Waals surface area contributed by atoms with Crippen LogP contribution >= 0.6 is 22.9 Å². The molecule has 62 valence electrons. The number of hydrogen-bond donors (Lipinski definition) is 1. The fraction of sp³-hybridized carbons (Fsp3) is 0.200. The first-order valence-electron chi connectivity index (χ1n) is 3.20. The van der Waals surface area contributed by atoms with Crippen LogP contribution in [0.25, 0.3) is 9.88 Å². The average molecular weight is 199 g/mol. The Morgan fingerprint density at radius 1 is 1.42 bits per heavy atom. The van der Waals surface area contributed by atoms with Crippen LogP contribution in [0.15, 0.2) is 6.20 Å². The lowest BCUT2D eigenvalue weighted by Gasteiger charge is -1.80. The molecule has 0 amide bonds. The van der Waals surface area contributed by atoms with Gasteiger partial charge in [0.25, 0.3) is 0 Å². The van der Waals surface area contributed by atoms with Gasteiger partial charge in [-0.1, -0.05) is 15.8 Å². The molecule has 0 atom stereocenters. The van der Waals surface area contributed by atoms with Crippen LogP contribution in [0.3, 0.4) is 0 Å². The highest BCUT2D eigenvalue weighted by atomic mass is 32.1. The minimum atomic E-state index is 0.434. The summed E-state index contributed by atoms with van der Waals surface area (Å²) in [7, 11) is 0. The second kappa shape index (κ2) is 3.21. The number of nitrogens with zero attached hydrogens (tertiary/aromatic N) is 4. The molecule has 5 nitrogen and oxygen atoms in total. The highest BCUT2D eigenvalue weighted by Gasteiger charge is 2.06. The third-order valence-corrected chi connectivity index (χ3v) is 2.99. The molecule has 2 aromatic heterocycles. The fourth-order valence-electron chi connectivity index (χ4n) is 0.697. The summed E-state index contributed by atoms with van der Waals surface area (Å²) in [5.41, 5.74) is 5.40. The Hall–Kier alpha value is -0.920. The molecular formula is C5H5N5S2. The van der Waals surface area contributed by atoms with Crippen LogP contribution in [0.2, 0.25) is 0 Å². The molecule has 2 N–H and O–H groups in total. The number of nitrogens with two attached hydrogens (primary N) is 1. The van der Waals surface area contributed by atoms with Gasteiger partial charge in [0.05, 0.1) is 6.20 Å². The topological polar surface area (TPSA) is 77.6 Å². The van der Waals surface area contributed by atoms with Crippen molar-refractivity contribution in [2.45, 2.75) is 6.54 Å². The smallest absolute Gasteiger partial charge is 0.161 e. The van der Waals surface area contributed by atoms with Crippen molar-refractivity contribution >= 4 is 22.9 Å². The standard InChI is InChI=1S/C5H5N5S2/c6-1-4-8-9-5(11-4)3-2-7-10-12-3/h2H,1,6H2. The summed E-state index contributed by atoms with van der Waals surface area (Å²) in [5, 5.41) is 13.2. The molecule has 7 heteroatoms. The SMILES string of the molecule is NCc1nnc(-c2cnns2)s1. The summed E-state index contributed by atoms with van der Waals surface area (Å²) in [6, 6.07) is 0. The van der Waals surface area contributed by atoms with Crippen LogP contribution in [0.4, 0.5) is 0 Å². The quantitative estimate of drug-likeness (QED) is 0.762. The first-order chi connectivity index (χ1) is 5.90. The van der Waals surface area contributed by atoms with E-state index >= 15 is 0 Å². The number of aromatic nitrogens is 4. The lowest BCUT2D eigenvalue weighted by Crippen LogP contribution is -1.94. The molecular weight excluding hydrogens is 194 g/mol. The molecule has 0 radical (unpaired) electrons. The molecule has 0 unspecified atom stereocenters. The molecule has 0 saturated heterocycles. The van der Waals surface area contributed by atoms with Crippen molar-refractivity contribution in [3.63, 3.8) is 0 Å². The van der Waals surface area contributed by atoms with Gasteiger partial charge in [0, 0.05) is 6.54 Å². The van der Waals surface area contributed by atoms with E-state index in [1.807, 2.05) is 0 Å². The Balaban J connectivity index is 2.35. The van der Waals surface area contributed by atoms with Gasteiger partial charge in [-0.25, -0.2) is 0 Å². The van der Waals surface area contributed by atoms with Gasteiger partial charge in [-0.3, -0.25) is 0 Å². The van der Waals surface area contributed by atoms with E-state index in [0.717, 1.165) is 14.9 Å². The molecule has 2 rings (SSSR count). The van der Waals surface area contributed by atoms with Crippen molar-refractivity contribution in [1.29, 1.82) is 0 Å². The molecule has 0 aromatic carbocycles. The van der Waals surface area contributed by atoms with Crippen LogP contribution < -0.4 is 5.73 Å². The van der Waals surface area contributed by atoms with Gasteiger partial charge >= 0.3 is 0 Å². The minimum absolute atomic E-state index is 0.434. The second-order valence-electron chi connectivity index (χ2n) is 1.99. The third-order valence-electron chi connectivity index (χ3n) is 1.21. The van der Waals surface area contributed by atoms with E-state index in [1.165, 1.54) is 22.9 Å². The molecule has 12 heavy (non-hydrogen) atoms. The van der Waals surface area contributed by atoms with Crippen molar-refractivity contribution < 1.29 is 0 Å². The Kier molecular flexibility index (Phi) is 2.07. The summed E-state index contributed by atoms with van der Waals surface area (Å²) in [6.07, 6.45) is 1.67. The van der Waals surface area contributed by atoms with E-state index < -0.39 is 0 Å². The Morgan fingerprint density at radius 3 is 2.92 bits per heavy atom. The molecule has 0 fully saturated rings. The maximum absolute atomic E-state index is 5.40. The minimum Gasteiger partial charge on any atom is -0.324 e. The molecule has 0 aliphatic rings. The van der Waals surface area contributed by atoms with Crippen molar-refractivity contribution in [2.24, 2.45) is 5.73 Å². The normalized spacial score (nSPS) is 10.4. The Bertz CT molecular complexity index is 354. The van der Waals surface area contributed by atoms with Crippen LogP contribution in [0.5, 0.6) is 0 Å². The van der Waals surface area contributed by atoms with E-state index in [4.69, 9.17) is 5.73 Å². The molecule has 0 bridgehead atoms. The predicted octanol–water partition coefficient (Wildman–Crippen LogP) is 0.515. The van der Waals surface area contributed by atoms with Crippen molar-refractivity contribution in [2.75, 3.05) is 0 Å². The summed E-state index contributed by atoms with van der Waals surface area (Å²) in [4.78, 5) is 0.937. The summed E-state index contributed by atoms with van der Waals surface area (Å²) in [6.45, 7) is 0.434. The maximum Gasteiger partial charge on any atom is 0.161 e. The van der Waals surface area contributed by atoms with Gasteiger partial charge in [0.2, 0.25) is 0 Å². The third kappa shape index (κ3) is 1.33. The predicted molar refractivity (Wildman–Crippen MR) is 46.7 cm³/mol. The Labute approximate surface area is 76.4 Å². The van der Waals surface area contributed by atoms with E-state index in [9.17, 15) is 0 Å². The Morgan fingerprint density at radius 2 is 2.33 bits per heavy atom. The summed E-state index contributed by atoms with van der Waals surface area (Å²) >= 11 is 2.78. The van der Waals surface area contributed by atoms with Crippen LogP contribution in [0.1, 0.15) is 5.01 Å². The average Bonchev–Trinajstić information content (AvgIpc) is 2.75. The van der Waals surface area contributed by atoms with Gasteiger partial charge < -0.3 is 5.73 Å². The molecule has 0 aliphatic carbocycles. The van der Waals surface area contributed by atoms with Gasteiger partial charge in [0.1, 0.15) is 9.88 Å². The molecule has 0 aliphatic heterocycles. The highest BCUT2D eigenvalue weighted by molar-refractivity contribution is 7.19. The second-order valence-corrected chi connectivity index (χ2v) is 3.83. The van der Waals surface area contributed by atoms with E-state index in [-0.39, 0.29) is 0 Å². The lowest BCUT2D eigenvalue weighted by atomic mass is 10.6. The van der Waals surface area contributed by atoms with Crippen LogP contribution in [-0.4, -0.2) is 19.8 Å². The van der Waals surface area contributed by atoms with Gasteiger partial charge in [-0.05, 0) is 11.5 Å². The first-order valence-corrected chi connectivity index (χ1v) is 4.79. The zero-order valence-corrected chi connectivity index (χ0v) is 7.60. The lowest BCUT2D eigenvalue weighted by molar-refractivity contribution is 0.960. The summed E-state index contributed by atoms with van der Waals surface area (Å²) < 4.78 is 3.73. The number of hydrogen-bond acceptors (Lipinski definition) is 7. The van der Waals surface area contributed by atoms with E-state index in [0.29, 0.717) is 6.54 Å². The van der Waals surface area contributed by atoms with Gasteiger partial charge in [-0.2, -0.15) is 0 Å². The van der Waals surface area contributed by atoms with Crippen molar-refractivity contribution in [1.82, 2.24) is 19.8 Å². The van der Waals surface area contributed by atoms with Crippen molar-refractivity contribution in [3.8, 4) is 9.88 Å². The van der Waals surface area contributed by atoms with Crippen molar-refractivity contribution in [3.05, 3.63) is 11.2 Å². The zero-order valence-electron chi connectivity index (χ0n) is 5.97. The maximum atomic E-state index is 5.40. The zero-order chi connectivity index (χ0) is 8.39. The molecule has 0 spiro atoms. The van der Waals surface area contributed by atoms with E-state index in [1.54, 1.807) is 6.20 Å². The molecule has 2 heterocycles. The largest absolute Gasteiger partial charge is 0.324 e. The summed E-state index contributed by atoms with van der Waals surface area (Å²) in [5.74, 6) is 0. The number of rotatable bonds is 2. The van der Waals surface area contributed by atoms with E-state index in [2.05, 4.69) is 19.8 Å². The van der Waals surface area contributed by atoms with Crippen LogP contribution in [0, 0.1) is 0 Å². The molecule has 0 saturated carbocycles. The fourth-order valence-corrected chi connectivity index (χ4v) is 1.95. The highest BCUT2D eigenvalue weighted by Crippen LogP contribution is 2.24. The van der Waals surface area contributed by atoms with Gasteiger partial charge in [0.15, 0.2) is 5.01 Å². The monoisotopic (exact) mass is 199 g/mol. The van der Waals surface area contributed by atoms with Crippen LogP contribution in [-0.2, 0) is 6.54 Å².